The zero-order valence-corrected chi connectivity index (χ0v) is 12.2. The molecule has 1 aromatic carbocycles. The van der Waals surface area contributed by atoms with Crippen molar-refractivity contribution < 1.29 is 4.74 Å². The van der Waals surface area contributed by atoms with E-state index in [0.717, 1.165) is 29.4 Å². The van der Waals surface area contributed by atoms with Gasteiger partial charge >= 0.3 is 0 Å². The van der Waals surface area contributed by atoms with Crippen LogP contribution >= 0.6 is 11.6 Å². The van der Waals surface area contributed by atoms with Crippen LogP contribution in [0.3, 0.4) is 0 Å². The monoisotopic (exact) mass is 278 g/mol. The van der Waals surface area contributed by atoms with E-state index in [2.05, 4.69) is 17.6 Å². The molecule has 4 heteroatoms. The first-order valence-electron chi connectivity index (χ1n) is 6.89. The molecular formula is C15H19ClN2O. The molecule has 1 aliphatic carbocycles. The van der Waals surface area contributed by atoms with Crippen molar-refractivity contribution in [1.29, 1.82) is 0 Å². The van der Waals surface area contributed by atoms with Crippen molar-refractivity contribution in [3.05, 3.63) is 24.0 Å². The molecule has 102 valence electrons. The third-order valence-electron chi connectivity index (χ3n) is 4.03. The molecule has 2 unspecified atom stereocenters. The minimum Gasteiger partial charge on any atom is -0.497 e. The van der Waals surface area contributed by atoms with Gasteiger partial charge in [-0.15, -0.1) is 11.6 Å². The summed E-state index contributed by atoms with van der Waals surface area (Å²) in [6.45, 7) is 2.26. The van der Waals surface area contributed by atoms with Gasteiger partial charge in [-0.05, 0) is 24.5 Å². The highest BCUT2D eigenvalue weighted by atomic mass is 35.5. The van der Waals surface area contributed by atoms with E-state index in [0.29, 0.717) is 11.9 Å². The number of rotatable bonds is 5. The van der Waals surface area contributed by atoms with Crippen LogP contribution in [0.25, 0.3) is 11.0 Å². The molecule has 0 bridgehead atoms. The Bertz CT molecular complexity index is 593. The van der Waals surface area contributed by atoms with Crippen LogP contribution in [-0.4, -0.2) is 22.5 Å². The molecule has 2 aromatic rings. The zero-order valence-electron chi connectivity index (χ0n) is 11.4. The molecular weight excluding hydrogens is 260 g/mol. The number of imidazole rings is 1. The standard InChI is InChI=1S/C15H19ClN2O/c1-3-10-8-14(10)18-13-5-4-11(19-2)9-12(13)17-15(18)6-7-16/h4-5,9-10,14H,3,6-8H2,1-2H3. The van der Waals surface area contributed by atoms with Crippen molar-refractivity contribution in [3.8, 4) is 5.75 Å². The molecule has 1 aromatic heterocycles. The number of halogens is 1. The predicted molar refractivity (Wildman–Crippen MR) is 78.1 cm³/mol. The van der Waals surface area contributed by atoms with Crippen molar-refractivity contribution in [1.82, 2.24) is 9.55 Å². The minimum absolute atomic E-state index is 0.613. The largest absolute Gasteiger partial charge is 0.497 e. The lowest BCUT2D eigenvalue weighted by Gasteiger charge is -2.08. The maximum Gasteiger partial charge on any atom is 0.121 e. The van der Waals surface area contributed by atoms with Gasteiger partial charge in [0.1, 0.15) is 11.6 Å². The van der Waals surface area contributed by atoms with E-state index in [1.165, 1.54) is 18.4 Å². The van der Waals surface area contributed by atoms with Gasteiger partial charge in [0.05, 0.1) is 18.1 Å². The molecule has 0 saturated heterocycles. The summed E-state index contributed by atoms with van der Waals surface area (Å²) in [6, 6.07) is 6.74. The van der Waals surface area contributed by atoms with E-state index in [1.54, 1.807) is 7.11 Å². The number of hydrogen-bond acceptors (Lipinski definition) is 2. The molecule has 0 spiro atoms. The zero-order chi connectivity index (χ0) is 13.4. The van der Waals surface area contributed by atoms with E-state index in [4.69, 9.17) is 21.3 Å². The predicted octanol–water partition coefficient (Wildman–Crippen LogP) is 3.80. The fourth-order valence-corrected chi connectivity index (χ4v) is 3.04. The Morgan fingerprint density at radius 2 is 2.32 bits per heavy atom. The van der Waals surface area contributed by atoms with Gasteiger partial charge in [0.2, 0.25) is 0 Å². The lowest BCUT2D eigenvalue weighted by molar-refractivity contribution is 0.415. The van der Waals surface area contributed by atoms with Crippen LogP contribution in [0.15, 0.2) is 18.2 Å². The first-order chi connectivity index (χ1) is 9.28. The van der Waals surface area contributed by atoms with Crippen molar-refractivity contribution in [2.45, 2.75) is 32.2 Å². The second-order valence-corrected chi connectivity index (χ2v) is 5.54. The molecule has 3 nitrogen and oxygen atoms in total. The van der Waals surface area contributed by atoms with Gasteiger partial charge in [0.15, 0.2) is 0 Å². The molecule has 19 heavy (non-hydrogen) atoms. The van der Waals surface area contributed by atoms with Gasteiger partial charge in [-0.3, -0.25) is 0 Å². The average Bonchev–Trinajstić information content (AvgIpc) is 3.12. The van der Waals surface area contributed by atoms with Gasteiger partial charge in [0, 0.05) is 24.4 Å². The first-order valence-corrected chi connectivity index (χ1v) is 7.42. The number of nitrogens with zero attached hydrogens (tertiary/aromatic N) is 2. The van der Waals surface area contributed by atoms with Gasteiger partial charge in [-0.25, -0.2) is 4.98 Å². The summed E-state index contributed by atoms with van der Waals surface area (Å²) in [5, 5.41) is 0. The summed E-state index contributed by atoms with van der Waals surface area (Å²) < 4.78 is 7.67. The second kappa shape index (κ2) is 5.04. The highest BCUT2D eigenvalue weighted by molar-refractivity contribution is 6.17. The number of aryl methyl sites for hydroxylation is 1. The number of alkyl halides is 1. The first kappa shape index (κ1) is 12.8. The van der Waals surface area contributed by atoms with Crippen molar-refractivity contribution in [2.75, 3.05) is 13.0 Å². The Hall–Kier alpha value is -1.22. The number of aromatic nitrogens is 2. The SMILES string of the molecule is CCC1CC1n1c(CCCl)nc2cc(OC)ccc21. The van der Waals surface area contributed by atoms with E-state index in [1.807, 2.05) is 12.1 Å². The second-order valence-electron chi connectivity index (χ2n) is 5.16. The summed E-state index contributed by atoms with van der Waals surface area (Å²) in [5.74, 6) is 3.38. The molecule has 1 heterocycles. The minimum atomic E-state index is 0.613. The Morgan fingerprint density at radius 1 is 1.47 bits per heavy atom. The lowest BCUT2D eigenvalue weighted by Crippen LogP contribution is -2.03. The molecule has 1 aliphatic rings. The average molecular weight is 279 g/mol. The van der Waals surface area contributed by atoms with Crippen LogP contribution in [0.4, 0.5) is 0 Å². The Morgan fingerprint density at radius 3 is 2.95 bits per heavy atom. The van der Waals surface area contributed by atoms with Crippen LogP contribution in [0.5, 0.6) is 5.75 Å². The van der Waals surface area contributed by atoms with Crippen molar-refractivity contribution in [2.24, 2.45) is 5.92 Å². The highest BCUT2D eigenvalue weighted by Crippen LogP contribution is 2.47. The van der Waals surface area contributed by atoms with Crippen molar-refractivity contribution in [3.63, 3.8) is 0 Å². The fourth-order valence-electron chi connectivity index (χ4n) is 2.87. The number of methoxy groups -OCH3 is 1. The van der Waals surface area contributed by atoms with Crippen LogP contribution in [0, 0.1) is 5.92 Å². The lowest BCUT2D eigenvalue weighted by atomic mass is 10.3. The quantitative estimate of drug-likeness (QED) is 0.778. The molecule has 0 amide bonds. The normalized spacial score (nSPS) is 21.8. The highest BCUT2D eigenvalue weighted by Gasteiger charge is 2.39. The van der Waals surface area contributed by atoms with E-state index < -0.39 is 0 Å². The Balaban J connectivity index is 2.08. The number of benzene rings is 1. The van der Waals surface area contributed by atoms with Gasteiger partial charge < -0.3 is 9.30 Å². The van der Waals surface area contributed by atoms with Crippen LogP contribution in [-0.2, 0) is 6.42 Å². The fraction of sp³-hybridized carbons (Fsp3) is 0.533. The maximum absolute atomic E-state index is 5.91. The van der Waals surface area contributed by atoms with E-state index in [9.17, 15) is 0 Å². The summed E-state index contributed by atoms with van der Waals surface area (Å²) in [7, 11) is 1.69. The van der Waals surface area contributed by atoms with Gasteiger partial charge in [0.25, 0.3) is 0 Å². The summed E-state index contributed by atoms with van der Waals surface area (Å²) in [4.78, 5) is 4.74. The van der Waals surface area contributed by atoms with Gasteiger partial charge in [-0.2, -0.15) is 0 Å². The van der Waals surface area contributed by atoms with Gasteiger partial charge in [-0.1, -0.05) is 13.3 Å². The molecule has 0 N–H and O–H groups in total. The smallest absolute Gasteiger partial charge is 0.121 e. The van der Waals surface area contributed by atoms with E-state index in [-0.39, 0.29) is 0 Å². The molecule has 1 saturated carbocycles. The molecule has 0 aliphatic heterocycles. The molecule has 1 fully saturated rings. The van der Waals surface area contributed by atoms with Crippen LogP contribution < -0.4 is 4.74 Å². The third-order valence-corrected chi connectivity index (χ3v) is 4.22. The summed E-state index contributed by atoms with van der Waals surface area (Å²) in [5.41, 5.74) is 2.23. The molecule has 0 radical (unpaired) electrons. The molecule has 3 rings (SSSR count). The number of fused-ring (bicyclic) bond motifs is 1. The number of ether oxygens (including phenoxy) is 1. The maximum atomic E-state index is 5.91. The van der Waals surface area contributed by atoms with E-state index >= 15 is 0 Å². The Kier molecular flexibility index (Phi) is 3.40. The van der Waals surface area contributed by atoms with Crippen LogP contribution in [0.2, 0.25) is 0 Å². The topological polar surface area (TPSA) is 27.1 Å². The Labute approximate surface area is 118 Å². The summed E-state index contributed by atoms with van der Waals surface area (Å²) >= 11 is 5.91. The number of hydrogen-bond donors (Lipinski definition) is 0. The summed E-state index contributed by atoms with van der Waals surface area (Å²) in [6.07, 6.45) is 3.33. The van der Waals surface area contributed by atoms with Crippen LogP contribution in [0.1, 0.15) is 31.6 Å². The molecule has 2 atom stereocenters. The van der Waals surface area contributed by atoms with Crippen molar-refractivity contribution >= 4 is 22.6 Å². The third kappa shape index (κ3) is 2.20.